The Bertz CT molecular complexity index is 689. The van der Waals surface area contributed by atoms with E-state index >= 15 is 0 Å². The molecule has 0 aromatic heterocycles. The van der Waals surface area contributed by atoms with Crippen LogP contribution in [-0.2, 0) is 23.9 Å². The Hall–Kier alpha value is -2.90. The van der Waals surface area contributed by atoms with Crippen LogP contribution in [0.1, 0.15) is 26.3 Å². The first-order chi connectivity index (χ1) is 12.5. The van der Waals surface area contributed by atoms with Crippen molar-refractivity contribution in [3.05, 3.63) is 35.9 Å². The zero-order valence-electron chi connectivity index (χ0n) is 15.2. The molecule has 0 radical (unpaired) electrons. The van der Waals surface area contributed by atoms with Gasteiger partial charge in [0, 0.05) is 5.56 Å². The van der Waals surface area contributed by atoms with Gasteiger partial charge in [-0.15, -0.1) is 0 Å². The summed E-state index contributed by atoms with van der Waals surface area (Å²) in [6, 6.07) is 8.48. The van der Waals surface area contributed by atoms with E-state index in [1.807, 2.05) is 30.3 Å². The van der Waals surface area contributed by atoms with Crippen molar-refractivity contribution in [3.63, 3.8) is 0 Å². The molecule has 140 valence electrons. The maximum absolute atomic E-state index is 12.6. The van der Waals surface area contributed by atoms with Gasteiger partial charge in [-0.2, -0.15) is 5.10 Å². The number of amidine groups is 1. The second kappa shape index (κ2) is 8.98. The number of amides is 1. The highest BCUT2D eigenvalue weighted by Crippen LogP contribution is 2.18. The normalized spacial score (nSPS) is 17.0. The number of benzene rings is 1. The summed E-state index contributed by atoms with van der Waals surface area (Å²) in [7, 11) is 0. The third kappa shape index (κ3) is 4.59. The molecule has 0 unspecified atom stereocenters. The number of hydrogen-bond donors (Lipinski definition) is 0. The third-order valence-corrected chi connectivity index (χ3v) is 3.79. The molecular weight excluding hydrogens is 338 g/mol. The molecule has 1 atom stereocenters. The Kier molecular flexibility index (Phi) is 6.71. The summed E-state index contributed by atoms with van der Waals surface area (Å²) in [5.74, 6) is -0.949. The smallest absolute Gasteiger partial charge is 0.327 e. The molecule has 0 aliphatic carbocycles. The summed E-state index contributed by atoms with van der Waals surface area (Å²) in [6.07, 6.45) is 0. The summed E-state index contributed by atoms with van der Waals surface area (Å²) in [4.78, 5) is 37.9. The van der Waals surface area contributed by atoms with Crippen LogP contribution in [0.4, 0.5) is 0 Å². The molecule has 0 saturated heterocycles. The van der Waals surface area contributed by atoms with Gasteiger partial charge in [-0.05, 0) is 20.8 Å². The van der Waals surface area contributed by atoms with E-state index < -0.39 is 18.0 Å². The summed E-state index contributed by atoms with van der Waals surface area (Å²) in [5, 5.41) is 5.41. The molecule has 2 rings (SSSR count). The lowest BCUT2D eigenvalue weighted by Gasteiger charge is -2.37. The lowest BCUT2D eigenvalue weighted by Crippen LogP contribution is -2.56. The van der Waals surface area contributed by atoms with E-state index in [1.165, 1.54) is 0 Å². The van der Waals surface area contributed by atoms with Gasteiger partial charge in [0.15, 0.2) is 5.84 Å². The van der Waals surface area contributed by atoms with Crippen LogP contribution in [0.2, 0.25) is 0 Å². The monoisotopic (exact) mass is 361 g/mol. The van der Waals surface area contributed by atoms with Gasteiger partial charge in [0.2, 0.25) is 0 Å². The maximum Gasteiger partial charge on any atom is 0.327 e. The highest BCUT2D eigenvalue weighted by atomic mass is 16.5. The van der Waals surface area contributed by atoms with Crippen LogP contribution in [0.3, 0.4) is 0 Å². The maximum atomic E-state index is 12.6. The van der Waals surface area contributed by atoms with E-state index in [2.05, 4.69) is 5.10 Å². The first-order valence-corrected chi connectivity index (χ1v) is 8.51. The highest BCUT2D eigenvalue weighted by Gasteiger charge is 2.36. The minimum absolute atomic E-state index is 0.109. The number of hydrogen-bond acceptors (Lipinski definition) is 7. The predicted octanol–water partition coefficient (Wildman–Crippen LogP) is 1.01. The van der Waals surface area contributed by atoms with Gasteiger partial charge in [0.25, 0.3) is 5.91 Å². The van der Waals surface area contributed by atoms with Crippen molar-refractivity contribution < 1.29 is 23.9 Å². The molecule has 0 bridgehead atoms. The van der Waals surface area contributed by atoms with Crippen LogP contribution in [-0.4, -0.2) is 65.9 Å². The Morgan fingerprint density at radius 2 is 1.62 bits per heavy atom. The van der Waals surface area contributed by atoms with Gasteiger partial charge in [0.05, 0.1) is 13.2 Å². The van der Waals surface area contributed by atoms with Crippen molar-refractivity contribution in [2.24, 2.45) is 5.10 Å². The lowest BCUT2D eigenvalue weighted by molar-refractivity contribution is -0.152. The number of hydrazone groups is 1. The van der Waals surface area contributed by atoms with Gasteiger partial charge < -0.3 is 14.4 Å². The summed E-state index contributed by atoms with van der Waals surface area (Å²) in [6.45, 7) is 5.16. The second-order valence-electron chi connectivity index (χ2n) is 5.60. The van der Waals surface area contributed by atoms with E-state index in [0.717, 1.165) is 10.6 Å². The first-order valence-electron chi connectivity index (χ1n) is 8.51. The number of nitrogens with zero attached hydrogens (tertiary/aromatic N) is 3. The molecule has 26 heavy (non-hydrogen) atoms. The van der Waals surface area contributed by atoms with Crippen molar-refractivity contribution >= 4 is 23.7 Å². The SMILES string of the molecule is CCOC(=O)CN1N=C(c2ccccc2)N(CC(=O)OCC)[C@@H](C)C1=O. The molecule has 1 aliphatic rings. The van der Waals surface area contributed by atoms with Crippen LogP contribution >= 0.6 is 0 Å². The summed E-state index contributed by atoms with van der Waals surface area (Å²) < 4.78 is 9.90. The van der Waals surface area contributed by atoms with Crippen molar-refractivity contribution in [1.82, 2.24) is 9.91 Å². The van der Waals surface area contributed by atoms with Crippen molar-refractivity contribution in [2.45, 2.75) is 26.8 Å². The van der Waals surface area contributed by atoms with Gasteiger partial charge in [0.1, 0.15) is 19.1 Å². The molecule has 0 spiro atoms. The Morgan fingerprint density at radius 1 is 1.04 bits per heavy atom. The Balaban J connectivity index is 2.36. The molecular formula is C18H23N3O5. The number of esters is 2. The quantitative estimate of drug-likeness (QED) is 0.674. The molecule has 0 N–H and O–H groups in total. The molecule has 1 heterocycles. The molecule has 1 aliphatic heterocycles. The van der Waals surface area contributed by atoms with Gasteiger partial charge in [-0.25, -0.2) is 5.01 Å². The number of carbonyl (C=O) groups excluding carboxylic acids is 3. The van der Waals surface area contributed by atoms with Crippen molar-refractivity contribution in [1.29, 1.82) is 0 Å². The van der Waals surface area contributed by atoms with E-state index in [0.29, 0.717) is 5.84 Å². The average Bonchev–Trinajstić information content (AvgIpc) is 2.62. The molecule has 8 heteroatoms. The Morgan fingerprint density at radius 3 is 2.19 bits per heavy atom. The number of carbonyl (C=O) groups is 3. The molecule has 1 amide bonds. The predicted molar refractivity (Wildman–Crippen MR) is 94.1 cm³/mol. The molecule has 0 saturated carbocycles. The van der Waals surface area contributed by atoms with Crippen LogP contribution in [0.5, 0.6) is 0 Å². The number of ether oxygens (including phenoxy) is 2. The minimum atomic E-state index is -0.679. The van der Waals surface area contributed by atoms with Gasteiger partial charge >= 0.3 is 11.9 Å². The first kappa shape index (κ1) is 19.4. The molecule has 8 nitrogen and oxygen atoms in total. The second-order valence-corrected chi connectivity index (χ2v) is 5.60. The fourth-order valence-corrected chi connectivity index (χ4v) is 2.56. The average molecular weight is 361 g/mol. The Labute approximate surface area is 152 Å². The van der Waals surface area contributed by atoms with E-state index in [9.17, 15) is 14.4 Å². The van der Waals surface area contributed by atoms with E-state index in [4.69, 9.17) is 9.47 Å². The van der Waals surface area contributed by atoms with Crippen LogP contribution < -0.4 is 0 Å². The summed E-state index contributed by atoms with van der Waals surface area (Å²) >= 11 is 0. The topological polar surface area (TPSA) is 88.5 Å². The minimum Gasteiger partial charge on any atom is -0.465 e. The van der Waals surface area contributed by atoms with Crippen LogP contribution in [0.15, 0.2) is 35.4 Å². The van der Waals surface area contributed by atoms with Crippen molar-refractivity contribution in [3.8, 4) is 0 Å². The van der Waals surface area contributed by atoms with E-state index in [-0.39, 0.29) is 32.2 Å². The van der Waals surface area contributed by atoms with Gasteiger partial charge in [-0.1, -0.05) is 30.3 Å². The standard InChI is InChI=1S/C18H23N3O5/c1-4-25-15(22)11-20-13(3)18(24)21(12-16(23)26-5-2)19-17(20)14-9-7-6-8-10-14/h6-10,13H,4-5,11-12H2,1-3H3/t13-/m0/s1. The largest absolute Gasteiger partial charge is 0.465 e. The van der Waals surface area contributed by atoms with E-state index in [1.54, 1.807) is 25.7 Å². The van der Waals surface area contributed by atoms with Crippen LogP contribution in [0, 0.1) is 0 Å². The third-order valence-electron chi connectivity index (χ3n) is 3.79. The molecule has 1 aromatic carbocycles. The highest BCUT2D eigenvalue weighted by molar-refractivity contribution is 6.05. The zero-order chi connectivity index (χ0) is 19.1. The van der Waals surface area contributed by atoms with Crippen molar-refractivity contribution in [2.75, 3.05) is 26.3 Å². The summed E-state index contributed by atoms with van der Waals surface area (Å²) in [5.41, 5.74) is 0.727. The van der Waals surface area contributed by atoms with Crippen LogP contribution in [0.25, 0.3) is 0 Å². The van der Waals surface area contributed by atoms with Gasteiger partial charge in [-0.3, -0.25) is 14.4 Å². The molecule has 1 aromatic rings. The number of rotatable bonds is 7. The molecule has 0 fully saturated rings. The fraction of sp³-hybridized carbons (Fsp3) is 0.444. The fourth-order valence-electron chi connectivity index (χ4n) is 2.56. The zero-order valence-corrected chi connectivity index (χ0v) is 15.2. The lowest BCUT2D eigenvalue weighted by atomic mass is 10.1.